The molecule has 5 heteroatoms. The molecule has 4 nitrogen and oxygen atoms in total. The van der Waals surface area contributed by atoms with Crippen LogP contribution < -0.4 is 10.6 Å². The van der Waals surface area contributed by atoms with Gasteiger partial charge in [0.1, 0.15) is 0 Å². The minimum absolute atomic E-state index is 0.0602. The van der Waals surface area contributed by atoms with Crippen LogP contribution in [-0.2, 0) is 11.3 Å². The van der Waals surface area contributed by atoms with Crippen molar-refractivity contribution in [3.05, 3.63) is 35.4 Å². The summed E-state index contributed by atoms with van der Waals surface area (Å²) >= 11 is 5.76. The molecular weight excluding hydrogens is 378 g/mol. The number of nitrogens with zero attached hydrogens (tertiary/aromatic N) is 1. The lowest BCUT2D eigenvalue weighted by Crippen LogP contribution is -2.50. The van der Waals surface area contributed by atoms with Crippen LogP contribution >= 0.6 is 12.2 Å². The number of aryl methyl sites for hydroxylation is 1. The third-order valence-electron chi connectivity index (χ3n) is 6.61. The van der Waals surface area contributed by atoms with Crippen LogP contribution in [0.2, 0.25) is 0 Å². The fourth-order valence-electron chi connectivity index (χ4n) is 4.70. The van der Waals surface area contributed by atoms with E-state index in [9.17, 15) is 4.79 Å². The Labute approximate surface area is 181 Å². The second-order valence-corrected chi connectivity index (χ2v) is 9.39. The molecule has 0 bridgehead atoms. The Hall–Kier alpha value is -1.62. The summed E-state index contributed by atoms with van der Waals surface area (Å²) in [5.41, 5.74) is 2.54. The highest BCUT2D eigenvalue weighted by atomic mass is 32.1. The Morgan fingerprint density at radius 2 is 1.69 bits per heavy atom. The van der Waals surface area contributed by atoms with Crippen LogP contribution in [0.3, 0.4) is 0 Å². The molecule has 1 amide bonds. The topological polar surface area (TPSA) is 44.4 Å². The van der Waals surface area contributed by atoms with E-state index in [0.29, 0.717) is 23.1 Å². The molecule has 2 aliphatic rings. The van der Waals surface area contributed by atoms with Gasteiger partial charge in [-0.05, 0) is 56.3 Å². The van der Waals surface area contributed by atoms with Gasteiger partial charge in [-0.1, -0.05) is 68.9 Å². The minimum Gasteiger partial charge on any atom is -0.353 e. The van der Waals surface area contributed by atoms with Gasteiger partial charge in [-0.25, -0.2) is 0 Å². The van der Waals surface area contributed by atoms with Gasteiger partial charge in [-0.15, -0.1) is 0 Å². The smallest absolute Gasteiger partial charge is 0.239 e. The average Bonchev–Trinajstić information content (AvgIpc) is 2.74. The summed E-state index contributed by atoms with van der Waals surface area (Å²) in [6.07, 6.45) is 11.0. The van der Waals surface area contributed by atoms with Gasteiger partial charge in [0.05, 0.1) is 6.54 Å². The first-order valence-corrected chi connectivity index (χ1v) is 11.8. The maximum Gasteiger partial charge on any atom is 0.239 e. The minimum atomic E-state index is 0.0602. The van der Waals surface area contributed by atoms with E-state index >= 15 is 0 Å². The van der Waals surface area contributed by atoms with Crippen LogP contribution in [-0.4, -0.2) is 34.5 Å². The normalized spacial score (nSPS) is 22.7. The monoisotopic (exact) mass is 415 g/mol. The molecule has 0 heterocycles. The summed E-state index contributed by atoms with van der Waals surface area (Å²) < 4.78 is 0. The summed E-state index contributed by atoms with van der Waals surface area (Å²) in [6, 6.07) is 9.46. The number of benzene rings is 1. The molecule has 0 saturated heterocycles. The van der Waals surface area contributed by atoms with Gasteiger partial charge in [0.15, 0.2) is 5.11 Å². The Balaban J connectivity index is 1.56. The standard InChI is InChI=1S/C24H37N3OS/c1-18-12-14-20(15-13-18)17-27(21-9-4-3-5-10-21)24(29)25-16-23(28)26-22-11-7-6-8-19(22)2/h12-15,19,21-22H,3-11,16-17H2,1-2H3,(H,25,29)(H,26,28). The highest BCUT2D eigenvalue weighted by molar-refractivity contribution is 7.80. The number of amides is 1. The zero-order valence-corrected chi connectivity index (χ0v) is 18.9. The van der Waals surface area contributed by atoms with Gasteiger partial charge >= 0.3 is 0 Å². The summed E-state index contributed by atoms with van der Waals surface area (Å²) in [7, 11) is 0. The Morgan fingerprint density at radius 3 is 2.38 bits per heavy atom. The lowest BCUT2D eigenvalue weighted by molar-refractivity contribution is -0.121. The first kappa shape index (κ1) is 22.1. The zero-order valence-electron chi connectivity index (χ0n) is 18.1. The van der Waals surface area contributed by atoms with Gasteiger partial charge in [-0.3, -0.25) is 4.79 Å². The van der Waals surface area contributed by atoms with Crippen LogP contribution in [0.1, 0.15) is 75.8 Å². The number of carbonyl (C=O) groups is 1. The number of thiocarbonyl (C=S) groups is 1. The van der Waals surface area contributed by atoms with Crippen LogP contribution in [0.25, 0.3) is 0 Å². The van der Waals surface area contributed by atoms with E-state index < -0.39 is 0 Å². The van der Waals surface area contributed by atoms with Crippen molar-refractivity contribution >= 4 is 23.2 Å². The summed E-state index contributed by atoms with van der Waals surface area (Å²) in [4.78, 5) is 14.8. The van der Waals surface area contributed by atoms with Crippen molar-refractivity contribution in [3.63, 3.8) is 0 Å². The van der Waals surface area contributed by atoms with E-state index in [-0.39, 0.29) is 12.5 Å². The zero-order chi connectivity index (χ0) is 20.6. The molecule has 0 spiro atoms. The van der Waals surface area contributed by atoms with E-state index in [2.05, 4.69) is 53.6 Å². The molecule has 2 fully saturated rings. The highest BCUT2D eigenvalue weighted by Gasteiger charge is 2.25. The van der Waals surface area contributed by atoms with Crippen molar-refractivity contribution in [2.45, 2.75) is 90.3 Å². The third-order valence-corrected chi connectivity index (χ3v) is 6.99. The number of carbonyl (C=O) groups excluding carboxylic acids is 1. The number of hydrogen-bond donors (Lipinski definition) is 2. The van der Waals surface area contributed by atoms with Crippen molar-refractivity contribution < 1.29 is 4.79 Å². The number of rotatable bonds is 6. The fourth-order valence-corrected chi connectivity index (χ4v) is 4.98. The molecule has 2 saturated carbocycles. The second kappa shape index (κ2) is 11.0. The molecule has 2 N–H and O–H groups in total. The molecule has 29 heavy (non-hydrogen) atoms. The van der Waals surface area contributed by atoms with Crippen LogP contribution in [0.4, 0.5) is 0 Å². The highest BCUT2D eigenvalue weighted by Crippen LogP contribution is 2.25. The SMILES string of the molecule is Cc1ccc(CN(C(=S)NCC(=O)NC2CCCCC2C)C2CCCCC2)cc1. The predicted octanol–water partition coefficient (Wildman–Crippen LogP) is 4.70. The van der Waals surface area contributed by atoms with E-state index in [0.717, 1.165) is 13.0 Å². The molecule has 160 valence electrons. The van der Waals surface area contributed by atoms with Gasteiger partial charge in [0, 0.05) is 18.6 Å². The van der Waals surface area contributed by atoms with E-state index in [1.807, 2.05) is 0 Å². The molecule has 1 aromatic rings. The van der Waals surface area contributed by atoms with Crippen molar-refractivity contribution in [3.8, 4) is 0 Å². The lowest BCUT2D eigenvalue weighted by atomic mass is 9.86. The molecule has 2 aliphatic carbocycles. The van der Waals surface area contributed by atoms with Crippen LogP contribution in [0, 0.1) is 12.8 Å². The largest absolute Gasteiger partial charge is 0.353 e. The van der Waals surface area contributed by atoms with Gasteiger partial charge < -0.3 is 15.5 Å². The summed E-state index contributed by atoms with van der Waals surface area (Å²) in [6.45, 7) is 5.42. The molecule has 2 atom stereocenters. The Morgan fingerprint density at radius 1 is 1.03 bits per heavy atom. The summed E-state index contributed by atoms with van der Waals surface area (Å²) in [5, 5.41) is 7.19. The predicted molar refractivity (Wildman–Crippen MR) is 124 cm³/mol. The molecular formula is C24H37N3OS. The Kier molecular flexibility index (Phi) is 8.34. The Bertz CT molecular complexity index is 669. The molecule has 0 aromatic heterocycles. The summed E-state index contributed by atoms with van der Waals surface area (Å²) in [5.74, 6) is 0.630. The number of nitrogens with one attached hydrogen (secondary N) is 2. The van der Waals surface area contributed by atoms with Crippen LogP contribution in [0.15, 0.2) is 24.3 Å². The molecule has 0 radical (unpaired) electrons. The maximum atomic E-state index is 12.5. The fraction of sp³-hybridized carbons (Fsp3) is 0.667. The molecule has 1 aromatic carbocycles. The van der Waals surface area contributed by atoms with Crippen molar-refractivity contribution in [2.24, 2.45) is 5.92 Å². The van der Waals surface area contributed by atoms with Gasteiger partial charge in [0.25, 0.3) is 0 Å². The van der Waals surface area contributed by atoms with Crippen molar-refractivity contribution in [1.82, 2.24) is 15.5 Å². The maximum absolute atomic E-state index is 12.5. The first-order chi connectivity index (χ1) is 14.0. The van der Waals surface area contributed by atoms with Gasteiger partial charge in [0.2, 0.25) is 5.91 Å². The average molecular weight is 416 g/mol. The van der Waals surface area contributed by atoms with Crippen molar-refractivity contribution in [2.75, 3.05) is 6.54 Å². The third kappa shape index (κ3) is 6.70. The quantitative estimate of drug-likeness (QED) is 0.661. The van der Waals surface area contributed by atoms with E-state index in [4.69, 9.17) is 12.2 Å². The molecule has 0 aliphatic heterocycles. The van der Waals surface area contributed by atoms with Crippen molar-refractivity contribution in [1.29, 1.82) is 0 Å². The first-order valence-electron chi connectivity index (χ1n) is 11.4. The second-order valence-electron chi connectivity index (χ2n) is 9.00. The van der Waals surface area contributed by atoms with Crippen LogP contribution in [0.5, 0.6) is 0 Å². The molecule has 3 rings (SSSR count). The number of hydrogen-bond acceptors (Lipinski definition) is 2. The molecule has 2 unspecified atom stereocenters. The van der Waals surface area contributed by atoms with E-state index in [1.54, 1.807) is 0 Å². The lowest BCUT2D eigenvalue weighted by Gasteiger charge is -2.36. The van der Waals surface area contributed by atoms with Gasteiger partial charge in [-0.2, -0.15) is 0 Å². The van der Waals surface area contributed by atoms with E-state index in [1.165, 1.54) is 62.5 Å².